The van der Waals surface area contributed by atoms with Gasteiger partial charge < -0.3 is 15.4 Å². The number of amides is 2. The molecule has 25 heavy (non-hydrogen) atoms. The van der Waals surface area contributed by atoms with Crippen molar-refractivity contribution in [1.82, 2.24) is 0 Å². The van der Waals surface area contributed by atoms with E-state index in [0.29, 0.717) is 34.8 Å². The smallest absolute Gasteiger partial charge is 0.257 e. The summed E-state index contributed by atoms with van der Waals surface area (Å²) in [6, 6.07) is 23.3. The molecule has 0 heterocycles. The van der Waals surface area contributed by atoms with Gasteiger partial charge in [0.05, 0.1) is 16.9 Å². The van der Waals surface area contributed by atoms with Gasteiger partial charge in [0.2, 0.25) is 6.41 Å². The van der Waals surface area contributed by atoms with Crippen LogP contribution in [0.4, 0.5) is 11.4 Å². The molecule has 0 saturated heterocycles. The monoisotopic (exact) mass is 332 g/mol. The molecule has 5 nitrogen and oxygen atoms in total. The number of benzene rings is 3. The normalized spacial score (nSPS) is 9.92. The highest BCUT2D eigenvalue weighted by atomic mass is 16.5. The van der Waals surface area contributed by atoms with Crippen LogP contribution in [0.2, 0.25) is 0 Å². The molecular weight excluding hydrogens is 316 g/mol. The number of carbonyl (C=O) groups is 2. The number of rotatable bonds is 6. The minimum atomic E-state index is -0.339. The lowest BCUT2D eigenvalue weighted by atomic mass is 10.1. The quantitative estimate of drug-likeness (QED) is 0.661. The predicted octanol–water partition coefficient (Wildman–Crippen LogP) is 4.30. The van der Waals surface area contributed by atoms with Crippen molar-refractivity contribution in [2.45, 2.75) is 0 Å². The molecule has 3 rings (SSSR count). The van der Waals surface area contributed by atoms with Gasteiger partial charge in [0.1, 0.15) is 5.75 Å². The van der Waals surface area contributed by atoms with Gasteiger partial charge in [-0.05, 0) is 36.4 Å². The molecule has 0 aliphatic heterocycles. The molecule has 0 unspecified atom stereocenters. The van der Waals surface area contributed by atoms with E-state index in [2.05, 4.69) is 10.6 Å². The lowest BCUT2D eigenvalue weighted by Crippen LogP contribution is -2.14. The van der Waals surface area contributed by atoms with Crippen molar-refractivity contribution in [2.24, 2.45) is 0 Å². The van der Waals surface area contributed by atoms with E-state index in [9.17, 15) is 9.59 Å². The highest BCUT2D eigenvalue weighted by Gasteiger charge is 2.13. The number of carbonyl (C=O) groups excluding carboxylic acids is 2. The van der Waals surface area contributed by atoms with E-state index in [1.807, 2.05) is 42.5 Å². The maximum Gasteiger partial charge on any atom is 0.257 e. The lowest BCUT2D eigenvalue weighted by Gasteiger charge is -2.13. The minimum absolute atomic E-state index is 0.339. The van der Waals surface area contributed by atoms with E-state index in [1.165, 1.54) is 0 Å². The molecule has 3 aromatic rings. The molecule has 0 bridgehead atoms. The summed E-state index contributed by atoms with van der Waals surface area (Å²) in [5, 5.41) is 5.35. The van der Waals surface area contributed by atoms with Crippen molar-refractivity contribution in [3.63, 3.8) is 0 Å². The molecule has 3 aromatic carbocycles. The van der Waals surface area contributed by atoms with Crippen LogP contribution in [0.3, 0.4) is 0 Å². The summed E-state index contributed by atoms with van der Waals surface area (Å²) < 4.78 is 5.84. The molecular formula is C20H16N2O3. The standard InChI is InChI=1S/C20H16N2O3/c23-14-21-17-11-5-4-10-16(17)20(24)22-18-12-6-7-13-19(18)25-15-8-2-1-3-9-15/h1-14H,(H,21,23)(H,22,24). The van der Waals surface area contributed by atoms with Gasteiger partial charge in [-0.3, -0.25) is 9.59 Å². The third kappa shape index (κ3) is 4.03. The van der Waals surface area contributed by atoms with Gasteiger partial charge in [-0.25, -0.2) is 0 Å². The van der Waals surface area contributed by atoms with Crippen molar-refractivity contribution >= 4 is 23.7 Å². The van der Waals surface area contributed by atoms with E-state index >= 15 is 0 Å². The number of hydrogen-bond acceptors (Lipinski definition) is 3. The molecule has 0 atom stereocenters. The Morgan fingerprint density at radius 3 is 2.20 bits per heavy atom. The van der Waals surface area contributed by atoms with E-state index in [1.54, 1.807) is 36.4 Å². The molecule has 0 fully saturated rings. The highest BCUT2D eigenvalue weighted by Crippen LogP contribution is 2.30. The van der Waals surface area contributed by atoms with Gasteiger partial charge in [0.25, 0.3) is 5.91 Å². The summed E-state index contributed by atoms with van der Waals surface area (Å²) in [6.45, 7) is 0. The molecule has 124 valence electrons. The summed E-state index contributed by atoms with van der Waals surface area (Å²) in [4.78, 5) is 23.3. The Balaban J connectivity index is 1.84. The van der Waals surface area contributed by atoms with Crippen molar-refractivity contribution in [2.75, 3.05) is 10.6 Å². The summed E-state index contributed by atoms with van der Waals surface area (Å²) in [5.74, 6) is 0.865. The second-order valence-corrected chi connectivity index (χ2v) is 5.17. The van der Waals surface area contributed by atoms with Crippen LogP contribution in [-0.2, 0) is 4.79 Å². The summed E-state index contributed by atoms with van der Waals surface area (Å²) in [7, 11) is 0. The van der Waals surface area contributed by atoms with E-state index in [4.69, 9.17) is 4.74 Å². The topological polar surface area (TPSA) is 67.4 Å². The Kier molecular flexibility index (Phi) is 5.07. The maximum atomic E-state index is 12.6. The van der Waals surface area contributed by atoms with Crippen LogP contribution in [0.15, 0.2) is 78.9 Å². The largest absolute Gasteiger partial charge is 0.455 e. The van der Waals surface area contributed by atoms with Gasteiger partial charge in [0.15, 0.2) is 5.75 Å². The zero-order valence-corrected chi connectivity index (χ0v) is 13.3. The lowest BCUT2D eigenvalue weighted by molar-refractivity contribution is -0.105. The first kappa shape index (κ1) is 16.3. The summed E-state index contributed by atoms with van der Waals surface area (Å²) in [6.07, 6.45) is 0.540. The Hall–Kier alpha value is -3.60. The first-order valence-electron chi connectivity index (χ1n) is 7.70. The molecule has 0 aliphatic rings. The van der Waals surface area contributed by atoms with E-state index < -0.39 is 0 Å². The van der Waals surface area contributed by atoms with Crippen LogP contribution in [-0.4, -0.2) is 12.3 Å². The highest BCUT2D eigenvalue weighted by molar-refractivity contribution is 6.09. The molecule has 0 spiro atoms. The van der Waals surface area contributed by atoms with Crippen LogP contribution in [0.5, 0.6) is 11.5 Å². The van der Waals surface area contributed by atoms with E-state index in [-0.39, 0.29) is 5.91 Å². The van der Waals surface area contributed by atoms with Gasteiger partial charge >= 0.3 is 0 Å². The van der Waals surface area contributed by atoms with Gasteiger partial charge in [-0.2, -0.15) is 0 Å². The molecule has 0 saturated carbocycles. The predicted molar refractivity (Wildman–Crippen MR) is 97.0 cm³/mol. The first-order chi connectivity index (χ1) is 12.3. The molecule has 0 aliphatic carbocycles. The third-order valence-corrected chi connectivity index (χ3v) is 3.49. The fourth-order valence-corrected chi connectivity index (χ4v) is 2.33. The number of nitrogens with one attached hydrogen (secondary N) is 2. The molecule has 2 N–H and O–H groups in total. The fraction of sp³-hybridized carbons (Fsp3) is 0. The molecule has 2 amide bonds. The summed E-state index contributed by atoms with van der Waals surface area (Å²) >= 11 is 0. The number of ether oxygens (including phenoxy) is 1. The van der Waals surface area contributed by atoms with E-state index in [0.717, 1.165) is 0 Å². The van der Waals surface area contributed by atoms with Crippen LogP contribution in [0.25, 0.3) is 0 Å². The van der Waals surface area contributed by atoms with Crippen molar-refractivity contribution < 1.29 is 14.3 Å². The molecule has 0 radical (unpaired) electrons. The Morgan fingerprint density at radius 2 is 1.44 bits per heavy atom. The number of anilines is 2. The summed E-state index contributed by atoms with van der Waals surface area (Å²) in [5.41, 5.74) is 1.35. The van der Waals surface area contributed by atoms with Gasteiger partial charge in [0, 0.05) is 0 Å². The molecule has 0 aromatic heterocycles. The Morgan fingerprint density at radius 1 is 0.800 bits per heavy atom. The Labute approximate surface area is 145 Å². The zero-order chi connectivity index (χ0) is 17.5. The van der Waals surface area contributed by atoms with Crippen molar-refractivity contribution in [1.29, 1.82) is 0 Å². The maximum absolute atomic E-state index is 12.6. The second kappa shape index (κ2) is 7.79. The number of hydrogen-bond donors (Lipinski definition) is 2. The van der Waals surface area contributed by atoms with Crippen molar-refractivity contribution in [3.05, 3.63) is 84.4 Å². The van der Waals surface area contributed by atoms with Crippen molar-refractivity contribution in [3.8, 4) is 11.5 Å². The van der Waals surface area contributed by atoms with Crippen LogP contribution in [0.1, 0.15) is 10.4 Å². The van der Waals surface area contributed by atoms with Crippen LogP contribution >= 0.6 is 0 Å². The fourth-order valence-electron chi connectivity index (χ4n) is 2.33. The zero-order valence-electron chi connectivity index (χ0n) is 13.3. The Bertz CT molecular complexity index is 879. The van der Waals surface area contributed by atoms with Crippen LogP contribution < -0.4 is 15.4 Å². The number of para-hydroxylation sites is 4. The average molecular weight is 332 g/mol. The van der Waals surface area contributed by atoms with Crippen LogP contribution in [0, 0.1) is 0 Å². The van der Waals surface area contributed by atoms with Gasteiger partial charge in [-0.15, -0.1) is 0 Å². The van der Waals surface area contributed by atoms with Gasteiger partial charge in [-0.1, -0.05) is 42.5 Å². The SMILES string of the molecule is O=CNc1ccccc1C(=O)Nc1ccccc1Oc1ccccc1. The molecule has 5 heteroatoms. The average Bonchev–Trinajstić information content (AvgIpc) is 2.65. The minimum Gasteiger partial charge on any atom is -0.455 e. The third-order valence-electron chi connectivity index (χ3n) is 3.49. The second-order valence-electron chi connectivity index (χ2n) is 5.17. The first-order valence-corrected chi connectivity index (χ1v) is 7.70.